The summed E-state index contributed by atoms with van der Waals surface area (Å²) in [5, 5.41) is 0. The molecule has 0 aliphatic carbocycles. The average molecular weight is 258 g/mol. The molecule has 1 aromatic heterocycles. The number of carbonyl (C=O) groups is 1. The molecule has 0 bridgehead atoms. The third kappa shape index (κ3) is 3.51. The fraction of sp³-hybridized carbons (Fsp3) is 0.214. The van der Waals surface area contributed by atoms with E-state index in [4.69, 9.17) is 9.47 Å². The zero-order valence-corrected chi connectivity index (χ0v) is 10.8. The van der Waals surface area contributed by atoms with Gasteiger partial charge in [0.1, 0.15) is 12.4 Å². The number of esters is 1. The summed E-state index contributed by atoms with van der Waals surface area (Å²) in [7, 11) is 1.60. The molecule has 0 saturated carbocycles. The second-order valence-corrected chi connectivity index (χ2v) is 3.97. The van der Waals surface area contributed by atoms with Crippen molar-refractivity contribution < 1.29 is 14.3 Å². The minimum Gasteiger partial charge on any atom is -0.497 e. The van der Waals surface area contributed by atoms with Gasteiger partial charge in [-0.2, -0.15) is 0 Å². The predicted molar refractivity (Wildman–Crippen MR) is 68.9 cm³/mol. The number of rotatable bonds is 4. The van der Waals surface area contributed by atoms with Gasteiger partial charge < -0.3 is 9.47 Å². The SMILES string of the molecule is COc1ccc(COC(=O)c2cnc(C)cn2)cc1. The molecule has 0 atom stereocenters. The second-order valence-electron chi connectivity index (χ2n) is 3.97. The zero-order chi connectivity index (χ0) is 13.7. The first-order chi connectivity index (χ1) is 9.19. The smallest absolute Gasteiger partial charge is 0.358 e. The second kappa shape index (κ2) is 5.95. The van der Waals surface area contributed by atoms with E-state index in [1.165, 1.54) is 12.4 Å². The van der Waals surface area contributed by atoms with Crippen molar-refractivity contribution in [3.8, 4) is 5.75 Å². The van der Waals surface area contributed by atoms with Crippen LogP contribution in [0.3, 0.4) is 0 Å². The summed E-state index contributed by atoms with van der Waals surface area (Å²) >= 11 is 0. The van der Waals surface area contributed by atoms with Gasteiger partial charge in [0, 0.05) is 6.20 Å². The molecule has 5 nitrogen and oxygen atoms in total. The highest BCUT2D eigenvalue weighted by Crippen LogP contribution is 2.12. The molecule has 0 aliphatic rings. The van der Waals surface area contributed by atoms with Crippen molar-refractivity contribution in [2.45, 2.75) is 13.5 Å². The number of benzene rings is 1. The van der Waals surface area contributed by atoms with Gasteiger partial charge in [-0.3, -0.25) is 4.98 Å². The van der Waals surface area contributed by atoms with Crippen molar-refractivity contribution in [1.29, 1.82) is 0 Å². The van der Waals surface area contributed by atoms with Crippen LogP contribution in [0.15, 0.2) is 36.7 Å². The van der Waals surface area contributed by atoms with Crippen LogP contribution in [-0.2, 0) is 11.3 Å². The lowest BCUT2D eigenvalue weighted by molar-refractivity contribution is 0.0465. The van der Waals surface area contributed by atoms with Gasteiger partial charge in [-0.1, -0.05) is 12.1 Å². The van der Waals surface area contributed by atoms with Gasteiger partial charge in [-0.15, -0.1) is 0 Å². The Kier molecular flexibility index (Phi) is 4.07. The van der Waals surface area contributed by atoms with Crippen molar-refractivity contribution in [2.75, 3.05) is 7.11 Å². The molecule has 0 fully saturated rings. The minimum absolute atomic E-state index is 0.193. The topological polar surface area (TPSA) is 61.3 Å². The molecule has 2 aromatic rings. The van der Waals surface area contributed by atoms with Crippen molar-refractivity contribution >= 4 is 5.97 Å². The average Bonchev–Trinajstić information content (AvgIpc) is 2.46. The summed E-state index contributed by atoms with van der Waals surface area (Å²) in [4.78, 5) is 19.7. The first-order valence-electron chi connectivity index (χ1n) is 5.78. The summed E-state index contributed by atoms with van der Waals surface area (Å²) in [5.74, 6) is 0.280. The number of aryl methyl sites for hydroxylation is 1. The van der Waals surface area contributed by atoms with Gasteiger partial charge in [0.15, 0.2) is 5.69 Å². The minimum atomic E-state index is -0.483. The number of methoxy groups -OCH3 is 1. The van der Waals surface area contributed by atoms with Crippen LogP contribution in [0.2, 0.25) is 0 Å². The Morgan fingerprint density at radius 1 is 1.16 bits per heavy atom. The molecular formula is C14H14N2O3. The third-order valence-electron chi connectivity index (χ3n) is 2.52. The Hall–Kier alpha value is -2.43. The van der Waals surface area contributed by atoms with Gasteiger partial charge in [0.2, 0.25) is 0 Å². The van der Waals surface area contributed by atoms with E-state index in [0.29, 0.717) is 0 Å². The van der Waals surface area contributed by atoms with E-state index in [1.807, 2.05) is 24.3 Å². The molecule has 0 radical (unpaired) electrons. The van der Waals surface area contributed by atoms with Gasteiger partial charge in [0.05, 0.1) is 19.0 Å². The number of aromatic nitrogens is 2. The van der Waals surface area contributed by atoms with Crippen molar-refractivity contribution in [1.82, 2.24) is 9.97 Å². The van der Waals surface area contributed by atoms with E-state index < -0.39 is 5.97 Å². The Bertz CT molecular complexity index is 550. The van der Waals surface area contributed by atoms with Crippen LogP contribution in [0.5, 0.6) is 5.75 Å². The molecule has 98 valence electrons. The number of hydrogen-bond acceptors (Lipinski definition) is 5. The normalized spacial score (nSPS) is 10.0. The molecule has 0 spiro atoms. The fourth-order valence-electron chi connectivity index (χ4n) is 1.44. The first kappa shape index (κ1) is 13.0. The van der Waals surface area contributed by atoms with Crippen molar-refractivity contribution in [2.24, 2.45) is 0 Å². The van der Waals surface area contributed by atoms with E-state index in [9.17, 15) is 4.79 Å². The maximum atomic E-state index is 11.7. The highest BCUT2D eigenvalue weighted by Gasteiger charge is 2.09. The summed E-state index contributed by atoms with van der Waals surface area (Å²) in [6, 6.07) is 7.31. The van der Waals surface area contributed by atoms with Crippen molar-refractivity contribution in [3.63, 3.8) is 0 Å². The van der Waals surface area contributed by atoms with E-state index in [0.717, 1.165) is 17.0 Å². The molecule has 0 unspecified atom stereocenters. The monoisotopic (exact) mass is 258 g/mol. The van der Waals surface area contributed by atoms with Crippen LogP contribution in [0, 0.1) is 6.92 Å². The lowest BCUT2D eigenvalue weighted by Crippen LogP contribution is -2.08. The van der Waals surface area contributed by atoms with E-state index in [2.05, 4.69) is 9.97 Å². The van der Waals surface area contributed by atoms with Crippen molar-refractivity contribution in [3.05, 3.63) is 53.6 Å². The highest BCUT2D eigenvalue weighted by atomic mass is 16.5. The van der Waals surface area contributed by atoms with Crippen LogP contribution in [-0.4, -0.2) is 23.0 Å². The molecule has 19 heavy (non-hydrogen) atoms. The molecule has 0 amide bonds. The first-order valence-corrected chi connectivity index (χ1v) is 5.78. The number of carbonyl (C=O) groups excluding carboxylic acids is 1. The molecule has 0 aliphatic heterocycles. The molecule has 1 aromatic carbocycles. The molecule has 2 rings (SSSR count). The van der Waals surface area contributed by atoms with E-state index >= 15 is 0 Å². The quantitative estimate of drug-likeness (QED) is 0.786. The summed E-state index contributed by atoms with van der Waals surface area (Å²) < 4.78 is 10.2. The lowest BCUT2D eigenvalue weighted by Gasteiger charge is -2.05. The van der Waals surface area contributed by atoms with Crippen LogP contribution in [0.25, 0.3) is 0 Å². The molecule has 0 N–H and O–H groups in total. The Morgan fingerprint density at radius 3 is 2.47 bits per heavy atom. The van der Waals surface area contributed by atoms with Crippen LogP contribution < -0.4 is 4.74 Å². The number of ether oxygens (including phenoxy) is 2. The summed E-state index contributed by atoms with van der Waals surface area (Å²) in [6.45, 7) is 2.00. The Labute approximate surface area is 111 Å². The van der Waals surface area contributed by atoms with Crippen LogP contribution in [0.4, 0.5) is 0 Å². The maximum Gasteiger partial charge on any atom is 0.358 e. The standard InChI is InChI=1S/C14H14N2O3/c1-10-7-16-13(8-15-10)14(17)19-9-11-3-5-12(18-2)6-4-11/h3-8H,9H2,1-2H3. The van der Waals surface area contributed by atoms with Gasteiger partial charge in [-0.25, -0.2) is 9.78 Å². The number of nitrogens with zero attached hydrogens (tertiary/aromatic N) is 2. The van der Waals surface area contributed by atoms with Gasteiger partial charge in [-0.05, 0) is 24.6 Å². The predicted octanol–water partition coefficient (Wildman–Crippen LogP) is 2.15. The Morgan fingerprint density at radius 2 is 1.89 bits per heavy atom. The van der Waals surface area contributed by atoms with Crippen LogP contribution >= 0.6 is 0 Å². The molecule has 5 heteroatoms. The molecular weight excluding hydrogens is 244 g/mol. The zero-order valence-electron chi connectivity index (χ0n) is 10.8. The van der Waals surface area contributed by atoms with E-state index in [-0.39, 0.29) is 12.3 Å². The molecule has 0 saturated heterocycles. The maximum absolute atomic E-state index is 11.7. The van der Waals surface area contributed by atoms with Gasteiger partial charge in [0.25, 0.3) is 0 Å². The fourth-order valence-corrected chi connectivity index (χ4v) is 1.44. The largest absolute Gasteiger partial charge is 0.497 e. The van der Waals surface area contributed by atoms with E-state index in [1.54, 1.807) is 14.0 Å². The highest BCUT2D eigenvalue weighted by molar-refractivity contribution is 5.86. The van der Waals surface area contributed by atoms with Crippen LogP contribution in [0.1, 0.15) is 21.7 Å². The number of hydrogen-bond donors (Lipinski definition) is 0. The summed E-state index contributed by atoms with van der Waals surface area (Å²) in [6.07, 6.45) is 2.94. The van der Waals surface area contributed by atoms with Gasteiger partial charge >= 0.3 is 5.97 Å². The Balaban J connectivity index is 1.94. The molecule has 1 heterocycles. The lowest BCUT2D eigenvalue weighted by atomic mass is 10.2. The third-order valence-corrected chi connectivity index (χ3v) is 2.52. The summed E-state index contributed by atoms with van der Waals surface area (Å²) in [5.41, 5.74) is 1.85.